The number of methoxy groups -OCH3 is 1. The van der Waals surface area contributed by atoms with Crippen molar-refractivity contribution in [2.45, 2.75) is 51.0 Å². The first-order valence-corrected chi connectivity index (χ1v) is 8.13. The van der Waals surface area contributed by atoms with Gasteiger partial charge in [-0.05, 0) is 43.5 Å². The molecule has 2 rings (SSSR count). The lowest BCUT2D eigenvalue weighted by atomic mass is 9.84. The van der Waals surface area contributed by atoms with E-state index in [9.17, 15) is 0 Å². The summed E-state index contributed by atoms with van der Waals surface area (Å²) in [5, 5.41) is 4.21. The van der Waals surface area contributed by atoms with Gasteiger partial charge in [-0.25, -0.2) is 0 Å². The third kappa shape index (κ3) is 4.13. The van der Waals surface area contributed by atoms with Gasteiger partial charge in [-0.1, -0.05) is 49.8 Å². The number of hydrogen-bond donors (Lipinski definition) is 1. The number of ether oxygens (including phenoxy) is 1. The SMILES string of the molecule is CNC(CCC1CCCCC1)c1ccc(OC)cc1Cl. The highest BCUT2D eigenvalue weighted by Gasteiger charge is 2.18. The van der Waals surface area contributed by atoms with Crippen molar-refractivity contribution in [3.8, 4) is 5.75 Å². The molecule has 1 fully saturated rings. The van der Waals surface area contributed by atoms with Gasteiger partial charge in [-0.2, -0.15) is 0 Å². The Balaban J connectivity index is 1.96. The molecule has 20 heavy (non-hydrogen) atoms. The van der Waals surface area contributed by atoms with Gasteiger partial charge in [0.2, 0.25) is 0 Å². The van der Waals surface area contributed by atoms with Crippen LogP contribution < -0.4 is 10.1 Å². The Morgan fingerprint density at radius 3 is 2.65 bits per heavy atom. The zero-order valence-electron chi connectivity index (χ0n) is 12.6. The Morgan fingerprint density at radius 2 is 2.05 bits per heavy atom. The molecule has 1 aliphatic rings. The number of benzene rings is 1. The zero-order chi connectivity index (χ0) is 14.4. The number of nitrogens with one attached hydrogen (secondary N) is 1. The molecule has 2 nitrogen and oxygen atoms in total. The van der Waals surface area contributed by atoms with Crippen molar-refractivity contribution in [2.75, 3.05) is 14.2 Å². The van der Waals surface area contributed by atoms with Crippen molar-refractivity contribution >= 4 is 11.6 Å². The minimum atomic E-state index is 0.343. The van der Waals surface area contributed by atoms with E-state index in [1.807, 2.05) is 19.2 Å². The van der Waals surface area contributed by atoms with Crippen LogP contribution in [-0.2, 0) is 0 Å². The van der Waals surface area contributed by atoms with Gasteiger partial charge in [0, 0.05) is 11.1 Å². The maximum absolute atomic E-state index is 6.38. The number of hydrogen-bond acceptors (Lipinski definition) is 2. The van der Waals surface area contributed by atoms with E-state index in [2.05, 4.69) is 11.4 Å². The second-order valence-electron chi connectivity index (χ2n) is 5.81. The van der Waals surface area contributed by atoms with Crippen LogP contribution in [0, 0.1) is 5.92 Å². The number of rotatable bonds is 6. The van der Waals surface area contributed by atoms with Crippen molar-refractivity contribution in [1.82, 2.24) is 5.32 Å². The maximum Gasteiger partial charge on any atom is 0.120 e. The highest BCUT2D eigenvalue weighted by molar-refractivity contribution is 6.31. The van der Waals surface area contributed by atoms with Gasteiger partial charge < -0.3 is 10.1 Å². The van der Waals surface area contributed by atoms with Gasteiger partial charge in [-0.15, -0.1) is 0 Å². The monoisotopic (exact) mass is 295 g/mol. The van der Waals surface area contributed by atoms with E-state index in [1.54, 1.807) is 7.11 Å². The minimum Gasteiger partial charge on any atom is -0.497 e. The van der Waals surface area contributed by atoms with E-state index in [-0.39, 0.29) is 0 Å². The van der Waals surface area contributed by atoms with Crippen LogP contribution in [0.3, 0.4) is 0 Å². The van der Waals surface area contributed by atoms with Gasteiger partial charge in [0.15, 0.2) is 0 Å². The molecule has 1 atom stereocenters. The predicted octanol–water partition coefficient (Wildman–Crippen LogP) is 4.97. The van der Waals surface area contributed by atoms with E-state index in [0.717, 1.165) is 23.1 Å². The van der Waals surface area contributed by atoms with Crippen molar-refractivity contribution in [3.05, 3.63) is 28.8 Å². The Labute approximate surface area is 127 Å². The van der Waals surface area contributed by atoms with Crippen molar-refractivity contribution < 1.29 is 4.74 Å². The van der Waals surface area contributed by atoms with E-state index >= 15 is 0 Å². The first-order chi connectivity index (χ1) is 9.74. The molecule has 1 N–H and O–H groups in total. The highest BCUT2D eigenvalue weighted by Crippen LogP contribution is 2.33. The van der Waals surface area contributed by atoms with Crippen molar-refractivity contribution in [2.24, 2.45) is 5.92 Å². The molecule has 0 amide bonds. The summed E-state index contributed by atoms with van der Waals surface area (Å²) in [4.78, 5) is 0. The van der Waals surface area contributed by atoms with Gasteiger partial charge in [0.05, 0.1) is 7.11 Å². The lowest BCUT2D eigenvalue weighted by molar-refractivity contribution is 0.317. The molecule has 0 saturated heterocycles. The second kappa shape index (κ2) is 7.90. The average molecular weight is 296 g/mol. The van der Waals surface area contributed by atoms with Gasteiger partial charge >= 0.3 is 0 Å². The average Bonchev–Trinajstić information content (AvgIpc) is 2.50. The van der Waals surface area contributed by atoms with Gasteiger partial charge in [0.25, 0.3) is 0 Å². The van der Waals surface area contributed by atoms with Crippen LogP contribution in [-0.4, -0.2) is 14.2 Å². The van der Waals surface area contributed by atoms with E-state index in [1.165, 1.54) is 44.1 Å². The fourth-order valence-corrected chi connectivity index (χ4v) is 3.55. The minimum absolute atomic E-state index is 0.343. The second-order valence-corrected chi connectivity index (χ2v) is 6.22. The highest BCUT2D eigenvalue weighted by atomic mass is 35.5. The van der Waals surface area contributed by atoms with E-state index < -0.39 is 0 Å². The van der Waals surface area contributed by atoms with Crippen LogP contribution >= 0.6 is 11.6 Å². The summed E-state index contributed by atoms with van der Waals surface area (Å²) in [5.41, 5.74) is 1.19. The summed E-state index contributed by atoms with van der Waals surface area (Å²) >= 11 is 6.38. The molecule has 0 aromatic heterocycles. The molecule has 1 aromatic rings. The molecule has 3 heteroatoms. The lowest BCUT2D eigenvalue weighted by Gasteiger charge is -2.25. The molecule has 0 bridgehead atoms. The van der Waals surface area contributed by atoms with Crippen LogP contribution in [0.1, 0.15) is 56.6 Å². The zero-order valence-corrected chi connectivity index (χ0v) is 13.4. The van der Waals surface area contributed by atoms with Crippen LogP contribution in [0.2, 0.25) is 5.02 Å². The Morgan fingerprint density at radius 1 is 1.30 bits per heavy atom. The summed E-state index contributed by atoms with van der Waals surface area (Å²) in [5.74, 6) is 1.73. The summed E-state index contributed by atoms with van der Waals surface area (Å²) in [6, 6.07) is 6.33. The third-order valence-corrected chi connectivity index (χ3v) is 4.85. The smallest absolute Gasteiger partial charge is 0.120 e. The first-order valence-electron chi connectivity index (χ1n) is 7.75. The summed E-state index contributed by atoms with van der Waals surface area (Å²) < 4.78 is 5.21. The quantitative estimate of drug-likeness (QED) is 0.800. The third-order valence-electron chi connectivity index (χ3n) is 4.52. The van der Waals surface area contributed by atoms with E-state index in [0.29, 0.717) is 6.04 Å². The summed E-state index contributed by atoms with van der Waals surface area (Å²) in [7, 11) is 3.69. The summed E-state index contributed by atoms with van der Waals surface area (Å²) in [6.07, 6.45) is 9.53. The lowest BCUT2D eigenvalue weighted by Crippen LogP contribution is -2.18. The molecule has 0 heterocycles. The van der Waals surface area contributed by atoms with Gasteiger partial charge in [-0.3, -0.25) is 0 Å². The van der Waals surface area contributed by atoms with Crippen molar-refractivity contribution in [3.63, 3.8) is 0 Å². The molecular formula is C17H26ClNO. The van der Waals surface area contributed by atoms with Crippen LogP contribution in [0.4, 0.5) is 0 Å². The standard InChI is InChI=1S/C17H26ClNO/c1-19-17(11-8-13-6-4-3-5-7-13)15-10-9-14(20-2)12-16(15)18/h9-10,12-13,17,19H,3-8,11H2,1-2H3. The topological polar surface area (TPSA) is 21.3 Å². The fraction of sp³-hybridized carbons (Fsp3) is 0.647. The molecule has 0 radical (unpaired) electrons. The van der Waals surface area contributed by atoms with Crippen LogP contribution in [0.25, 0.3) is 0 Å². The molecule has 1 aromatic carbocycles. The largest absolute Gasteiger partial charge is 0.497 e. The Hall–Kier alpha value is -0.730. The molecule has 0 spiro atoms. The number of halogens is 1. The molecule has 1 aliphatic carbocycles. The molecular weight excluding hydrogens is 270 g/mol. The molecule has 1 unspecified atom stereocenters. The summed E-state index contributed by atoms with van der Waals surface area (Å²) in [6.45, 7) is 0. The van der Waals surface area contributed by atoms with Crippen LogP contribution in [0.15, 0.2) is 18.2 Å². The normalized spacial score (nSPS) is 17.9. The Bertz CT molecular complexity index is 415. The molecule has 112 valence electrons. The molecule has 1 saturated carbocycles. The fourth-order valence-electron chi connectivity index (χ4n) is 3.25. The first kappa shape index (κ1) is 15.7. The predicted molar refractivity (Wildman–Crippen MR) is 85.6 cm³/mol. The Kier molecular flexibility index (Phi) is 6.18. The van der Waals surface area contributed by atoms with Crippen LogP contribution in [0.5, 0.6) is 5.75 Å². The maximum atomic E-state index is 6.38. The molecule has 0 aliphatic heterocycles. The van der Waals surface area contributed by atoms with E-state index in [4.69, 9.17) is 16.3 Å². The van der Waals surface area contributed by atoms with Crippen molar-refractivity contribution in [1.29, 1.82) is 0 Å². The van der Waals surface area contributed by atoms with Gasteiger partial charge in [0.1, 0.15) is 5.75 Å².